The van der Waals surface area contributed by atoms with Crippen LogP contribution in [0.5, 0.6) is 0 Å². The summed E-state index contributed by atoms with van der Waals surface area (Å²) in [7, 11) is 0. The maximum absolute atomic E-state index is 11.6. The molecular formula is C19H15NO4. The number of esters is 1. The Balaban J connectivity index is 1.74. The normalized spacial score (nSPS) is 10.0. The second kappa shape index (κ2) is 8.91. The number of benzene rings is 2. The van der Waals surface area contributed by atoms with Gasteiger partial charge in [-0.1, -0.05) is 36.1 Å². The molecule has 5 heteroatoms. The second-order valence-corrected chi connectivity index (χ2v) is 4.83. The molecule has 2 rings (SSSR count). The van der Waals surface area contributed by atoms with Crippen LogP contribution in [0.1, 0.15) is 17.5 Å². The highest BCUT2D eigenvalue weighted by Crippen LogP contribution is 2.12. The molecule has 0 radical (unpaired) electrons. The molecule has 0 atom stereocenters. The summed E-state index contributed by atoms with van der Waals surface area (Å²) in [4.78, 5) is 21.7. The first kappa shape index (κ1) is 17.0. The van der Waals surface area contributed by atoms with Gasteiger partial charge < -0.3 is 4.74 Å². The third-order valence-corrected chi connectivity index (χ3v) is 3.02. The van der Waals surface area contributed by atoms with Crippen molar-refractivity contribution in [3.63, 3.8) is 0 Å². The van der Waals surface area contributed by atoms with Crippen molar-refractivity contribution in [2.24, 2.45) is 0 Å². The molecule has 0 unspecified atom stereocenters. The molecule has 0 aromatic heterocycles. The summed E-state index contributed by atoms with van der Waals surface area (Å²) in [5, 5.41) is 10.5. The van der Waals surface area contributed by atoms with Crippen LogP contribution in [0.3, 0.4) is 0 Å². The fourth-order valence-corrected chi connectivity index (χ4v) is 1.80. The number of nitro benzene ring substituents is 1. The van der Waals surface area contributed by atoms with Gasteiger partial charge in [0.1, 0.15) is 6.61 Å². The highest BCUT2D eigenvalue weighted by molar-refractivity contribution is 5.71. The van der Waals surface area contributed by atoms with Gasteiger partial charge in [-0.2, -0.15) is 0 Å². The molecule has 120 valence electrons. The van der Waals surface area contributed by atoms with Crippen LogP contribution in [0.2, 0.25) is 0 Å². The third kappa shape index (κ3) is 5.78. The van der Waals surface area contributed by atoms with E-state index in [0.717, 1.165) is 5.56 Å². The zero-order valence-corrected chi connectivity index (χ0v) is 12.8. The first-order chi connectivity index (χ1) is 11.6. The van der Waals surface area contributed by atoms with Gasteiger partial charge in [0.2, 0.25) is 0 Å². The highest BCUT2D eigenvalue weighted by atomic mass is 16.6. The van der Waals surface area contributed by atoms with Crippen molar-refractivity contribution in [3.8, 4) is 11.8 Å². The summed E-state index contributed by atoms with van der Waals surface area (Å²) in [6, 6.07) is 15.4. The van der Waals surface area contributed by atoms with Gasteiger partial charge in [0.25, 0.3) is 5.69 Å². The molecule has 0 aliphatic rings. The van der Waals surface area contributed by atoms with Gasteiger partial charge in [0.05, 0.1) is 11.3 Å². The molecule has 0 N–H and O–H groups in total. The van der Waals surface area contributed by atoms with Crippen LogP contribution in [0.25, 0.3) is 0 Å². The van der Waals surface area contributed by atoms with Crippen molar-refractivity contribution in [3.05, 3.63) is 88.0 Å². The number of ether oxygens (including phenoxy) is 1. The van der Waals surface area contributed by atoms with Gasteiger partial charge in [-0.25, -0.2) is 0 Å². The molecule has 0 aliphatic heterocycles. The Morgan fingerprint density at radius 3 is 2.50 bits per heavy atom. The summed E-state index contributed by atoms with van der Waals surface area (Å²) in [6.45, 7) is 0.0837. The Labute approximate surface area is 139 Å². The van der Waals surface area contributed by atoms with E-state index >= 15 is 0 Å². The SMILES string of the molecule is O=C(C/C=C\C#Cc1ccccc1)OCc1ccc([N+](=O)[O-])cc1. The van der Waals surface area contributed by atoms with Gasteiger partial charge in [-0.3, -0.25) is 14.9 Å². The lowest BCUT2D eigenvalue weighted by molar-refractivity contribution is -0.384. The van der Waals surface area contributed by atoms with E-state index in [9.17, 15) is 14.9 Å². The zero-order chi connectivity index (χ0) is 17.2. The monoisotopic (exact) mass is 321 g/mol. The summed E-state index contributed by atoms with van der Waals surface area (Å²) >= 11 is 0. The molecule has 0 saturated carbocycles. The van der Waals surface area contributed by atoms with Gasteiger partial charge in [0.15, 0.2) is 0 Å². The number of nitro groups is 1. The molecule has 2 aromatic rings. The predicted molar refractivity (Wildman–Crippen MR) is 90.0 cm³/mol. The van der Waals surface area contributed by atoms with Gasteiger partial charge in [0, 0.05) is 17.7 Å². The first-order valence-corrected chi connectivity index (χ1v) is 7.26. The van der Waals surface area contributed by atoms with Gasteiger partial charge >= 0.3 is 5.97 Å². The number of hydrogen-bond donors (Lipinski definition) is 0. The van der Waals surface area contributed by atoms with Crippen LogP contribution in [0.15, 0.2) is 66.7 Å². The van der Waals surface area contributed by atoms with E-state index in [-0.39, 0.29) is 24.7 Å². The average Bonchev–Trinajstić information content (AvgIpc) is 2.61. The maximum Gasteiger partial charge on any atom is 0.309 e. The van der Waals surface area contributed by atoms with E-state index < -0.39 is 4.92 Å². The number of carbonyl (C=O) groups excluding carboxylic acids is 1. The van der Waals surface area contributed by atoms with Crippen LogP contribution < -0.4 is 0 Å². The summed E-state index contributed by atoms with van der Waals surface area (Å²) < 4.78 is 5.09. The van der Waals surface area contributed by atoms with Crippen LogP contribution in [-0.4, -0.2) is 10.9 Å². The minimum Gasteiger partial charge on any atom is -0.461 e. The van der Waals surface area contributed by atoms with Crippen molar-refractivity contribution < 1.29 is 14.5 Å². The van der Waals surface area contributed by atoms with Crippen LogP contribution >= 0.6 is 0 Å². The van der Waals surface area contributed by atoms with Crippen LogP contribution in [0, 0.1) is 22.0 Å². The van der Waals surface area contributed by atoms with E-state index in [1.165, 1.54) is 12.1 Å². The molecular weight excluding hydrogens is 306 g/mol. The molecule has 0 bridgehead atoms. The Morgan fingerprint density at radius 2 is 1.83 bits per heavy atom. The second-order valence-electron chi connectivity index (χ2n) is 4.83. The number of allylic oxidation sites excluding steroid dienone is 1. The summed E-state index contributed by atoms with van der Waals surface area (Å²) in [5.74, 6) is 5.41. The number of non-ortho nitro benzene ring substituents is 1. The average molecular weight is 321 g/mol. The van der Waals surface area contributed by atoms with Crippen LogP contribution in [0.4, 0.5) is 5.69 Å². The summed E-state index contributed by atoms with van der Waals surface area (Å²) in [6.07, 6.45) is 3.37. The van der Waals surface area contributed by atoms with Gasteiger partial charge in [-0.15, -0.1) is 0 Å². The molecule has 0 aliphatic carbocycles. The van der Waals surface area contributed by atoms with E-state index in [1.54, 1.807) is 24.3 Å². The molecule has 0 spiro atoms. The maximum atomic E-state index is 11.6. The standard InChI is InChI=1S/C19H15NO4/c21-19(10-6-2-5-9-16-7-3-1-4-8-16)24-15-17-11-13-18(14-12-17)20(22)23/h1-4,6-8,11-14H,10,15H2/b6-2-. The Hall–Kier alpha value is -3.39. The van der Waals surface area contributed by atoms with E-state index in [2.05, 4.69) is 11.8 Å². The molecule has 0 saturated heterocycles. The predicted octanol–water partition coefficient (Wildman–Crippen LogP) is 3.64. The highest BCUT2D eigenvalue weighted by Gasteiger charge is 2.05. The number of hydrogen-bond acceptors (Lipinski definition) is 4. The number of carbonyl (C=O) groups is 1. The Morgan fingerprint density at radius 1 is 1.12 bits per heavy atom. The topological polar surface area (TPSA) is 69.4 Å². The van der Waals surface area contributed by atoms with Crippen molar-refractivity contribution in [2.45, 2.75) is 13.0 Å². The molecule has 0 fully saturated rings. The van der Waals surface area contributed by atoms with E-state index in [1.807, 2.05) is 30.3 Å². The largest absolute Gasteiger partial charge is 0.461 e. The Bertz CT molecular complexity index is 784. The summed E-state index contributed by atoms with van der Waals surface area (Å²) in [5.41, 5.74) is 1.61. The Kier molecular flexibility index (Phi) is 6.30. The van der Waals surface area contributed by atoms with Crippen molar-refractivity contribution >= 4 is 11.7 Å². The van der Waals surface area contributed by atoms with Crippen LogP contribution in [-0.2, 0) is 16.1 Å². The molecule has 5 nitrogen and oxygen atoms in total. The first-order valence-electron chi connectivity index (χ1n) is 7.26. The minimum atomic E-state index is -0.475. The molecule has 2 aromatic carbocycles. The molecule has 0 heterocycles. The van der Waals surface area contributed by atoms with E-state index in [4.69, 9.17) is 4.74 Å². The third-order valence-electron chi connectivity index (χ3n) is 3.02. The lowest BCUT2D eigenvalue weighted by atomic mass is 10.2. The lowest BCUT2D eigenvalue weighted by Crippen LogP contribution is -2.03. The van der Waals surface area contributed by atoms with Crippen molar-refractivity contribution in [2.75, 3.05) is 0 Å². The fraction of sp³-hybridized carbons (Fsp3) is 0.105. The van der Waals surface area contributed by atoms with Crippen molar-refractivity contribution in [1.29, 1.82) is 0 Å². The molecule has 0 amide bonds. The van der Waals surface area contributed by atoms with E-state index in [0.29, 0.717) is 5.56 Å². The molecule has 24 heavy (non-hydrogen) atoms. The fourth-order valence-electron chi connectivity index (χ4n) is 1.80. The van der Waals surface area contributed by atoms with Gasteiger partial charge in [-0.05, 0) is 35.9 Å². The van der Waals surface area contributed by atoms with Crippen molar-refractivity contribution in [1.82, 2.24) is 0 Å². The number of nitrogens with zero attached hydrogens (tertiary/aromatic N) is 1. The minimum absolute atomic E-state index is 0.00463. The lowest BCUT2D eigenvalue weighted by Gasteiger charge is -2.02. The number of rotatable bonds is 5. The smallest absolute Gasteiger partial charge is 0.309 e. The zero-order valence-electron chi connectivity index (χ0n) is 12.8. The quantitative estimate of drug-likeness (QED) is 0.365.